The number of aryl methyl sites for hydroxylation is 1. The van der Waals surface area contributed by atoms with E-state index in [1.807, 2.05) is 43.3 Å². The lowest BCUT2D eigenvalue weighted by atomic mass is 10.2. The van der Waals surface area contributed by atoms with Gasteiger partial charge in [0.05, 0.1) is 6.54 Å². The van der Waals surface area contributed by atoms with Gasteiger partial charge in [0.1, 0.15) is 11.5 Å². The number of anilines is 1. The van der Waals surface area contributed by atoms with Crippen LogP contribution in [0.4, 0.5) is 5.95 Å². The van der Waals surface area contributed by atoms with Gasteiger partial charge in [0, 0.05) is 11.6 Å². The molecule has 2 aromatic heterocycles. The molecule has 26 heavy (non-hydrogen) atoms. The van der Waals surface area contributed by atoms with Crippen LogP contribution in [0.1, 0.15) is 12.7 Å². The van der Waals surface area contributed by atoms with Gasteiger partial charge in [-0.1, -0.05) is 35.4 Å². The molecule has 2 N–H and O–H groups in total. The summed E-state index contributed by atoms with van der Waals surface area (Å²) in [5.41, 5.74) is 0.967. The van der Waals surface area contributed by atoms with Crippen LogP contribution in [0.5, 0.6) is 0 Å². The van der Waals surface area contributed by atoms with Gasteiger partial charge in [0.15, 0.2) is 5.11 Å². The standard InChI is InChI=1S/C17H16N6O2S/c1-2-23-21-16(20-22-23)19-17(26)18-15(24)11-9-13-8-10-14(25-13)12-6-4-3-5-7-12/h3-11H,2H2,1H3,(H2,18,19,21,24,26)/b11-9+. The fourth-order valence-corrected chi connectivity index (χ4v) is 2.26. The summed E-state index contributed by atoms with van der Waals surface area (Å²) in [6.07, 6.45) is 2.90. The van der Waals surface area contributed by atoms with Gasteiger partial charge < -0.3 is 4.42 Å². The van der Waals surface area contributed by atoms with Crippen LogP contribution in [-0.2, 0) is 11.3 Å². The number of nitrogens with one attached hydrogen (secondary N) is 2. The number of amides is 1. The topological polar surface area (TPSA) is 97.9 Å². The number of thiocarbonyl (C=S) groups is 1. The number of hydrogen-bond acceptors (Lipinski definition) is 6. The number of benzene rings is 1. The minimum absolute atomic E-state index is 0.0831. The maximum atomic E-state index is 11.9. The van der Waals surface area contributed by atoms with E-state index in [1.165, 1.54) is 10.9 Å². The molecule has 1 amide bonds. The van der Waals surface area contributed by atoms with Crippen LogP contribution in [0, 0.1) is 0 Å². The zero-order valence-corrected chi connectivity index (χ0v) is 14.7. The predicted molar refractivity (Wildman–Crippen MR) is 101 cm³/mol. The Bertz CT molecular complexity index is 932. The molecule has 0 aliphatic rings. The lowest BCUT2D eigenvalue weighted by molar-refractivity contribution is -0.115. The molecule has 3 aromatic rings. The highest BCUT2D eigenvalue weighted by molar-refractivity contribution is 7.80. The number of carbonyl (C=O) groups excluding carboxylic acids is 1. The number of hydrogen-bond donors (Lipinski definition) is 2. The second-order valence-corrected chi connectivity index (χ2v) is 5.55. The third-order valence-electron chi connectivity index (χ3n) is 3.28. The second-order valence-electron chi connectivity index (χ2n) is 5.15. The molecule has 0 spiro atoms. The molecule has 2 heterocycles. The Kier molecular flexibility index (Phi) is 5.49. The molecular formula is C17H16N6O2S. The van der Waals surface area contributed by atoms with E-state index in [0.29, 0.717) is 12.3 Å². The summed E-state index contributed by atoms with van der Waals surface area (Å²) in [5.74, 6) is 1.11. The van der Waals surface area contributed by atoms with Crippen molar-refractivity contribution in [2.45, 2.75) is 13.5 Å². The smallest absolute Gasteiger partial charge is 0.269 e. The average molecular weight is 368 g/mol. The summed E-state index contributed by atoms with van der Waals surface area (Å²) < 4.78 is 5.69. The van der Waals surface area contributed by atoms with Crippen molar-refractivity contribution in [2.75, 3.05) is 5.32 Å². The van der Waals surface area contributed by atoms with Crippen molar-refractivity contribution >= 4 is 35.3 Å². The van der Waals surface area contributed by atoms with E-state index in [1.54, 1.807) is 12.1 Å². The van der Waals surface area contributed by atoms with E-state index in [2.05, 4.69) is 26.0 Å². The van der Waals surface area contributed by atoms with Gasteiger partial charge in [-0.05, 0) is 42.6 Å². The van der Waals surface area contributed by atoms with E-state index in [4.69, 9.17) is 16.6 Å². The summed E-state index contributed by atoms with van der Waals surface area (Å²) in [6, 6.07) is 13.3. The van der Waals surface area contributed by atoms with Gasteiger partial charge in [-0.25, -0.2) is 0 Å². The summed E-state index contributed by atoms with van der Waals surface area (Å²) >= 11 is 5.04. The van der Waals surface area contributed by atoms with E-state index < -0.39 is 5.91 Å². The van der Waals surface area contributed by atoms with Crippen molar-refractivity contribution in [3.05, 3.63) is 54.3 Å². The molecule has 0 aliphatic carbocycles. The summed E-state index contributed by atoms with van der Waals surface area (Å²) in [4.78, 5) is 13.3. The lowest BCUT2D eigenvalue weighted by Gasteiger charge is -2.03. The minimum Gasteiger partial charge on any atom is -0.457 e. The monoisotopic (exact) mass is 368 g/mol. The predicted octanol–water partition coefficient (Wildman–Crippen LogP) is 2.48. The number of nitrogens with zero attached hydrogens (tertiary/aromatic N) is 4. The highest BCUT2D eigenvalue weighted by Gasteiger charge is 2.07. The van der Waals surface area contributed by atoms with E-state index in [9.17, 15) is 4.79 Å². The van der Waals surface area contributed by atoms with Gasteiger partial charge in [0.2, 0.25) is 5.91 Å². The fourth-order valence-electron chi connectivity index (χ4n) is 2.07. The first-order valence-corrected chi connectivity index (χ1v) is 8.28. The summed E-state index contributed by atoms with van der Waals surface area (Å²) in [5, 5.41) is 16.8. The van der Waals surface area contributed by atoms with Gasteiger partial charge in [0.25, 0.3) is 5.95 Å². The fraction of sp³-hybridized carbons (Fsp3) is 0.118. The quantitative estimate of drug-likeness (QED) is 0.527. The highest BCUT2D eigenvalue weighted by atomic mass is 32.1. The Morgan fingerprint density at radius 2 is 2.08 bits per heavy atom. The van der Waals surface area contributed by atoms with E-state index >= 15 is 0 Å². The van der Waals surface area contributed by atoms with Crippen LogP contribution >= 0.6 is 12.2 Å². The molecule has 0 bridgehead atoms. The maximum absolute atomic E-state index is 11.9. The molecule has 0 atom stereocenters. The molecule has 0 saturated heterocycles. The number of aromatic nitrogens is 4. The second kappa shape index (κ2) is 8.17. The summed E-state index contributed by atoms with van der Waals surface area (Å²) in [6.45, 7) is 2.47. The zero-order valence-electron chi connectivity index (χ0n) is 13.9. The van der Waals surface area contributed by atoms with Gasteiger partial charge in [-0.15, -0.1) is 5.10 Å². The number of furan rings is 1. The molecule has 9 heteroatoms. The molecule has 0 unspecified atom stereocenters. The molecule has 0 radical (unpaired) electrons. The van der Waals surface area contributed by atoms with Crippen molar-refractivity contribution in [3.63, 3.8) is 0 Å². The number of carbonyl (C=O) groups is 1. The third kappa shape index (κ3) is 4.61. The Balaban J connectivity index is 1.54. The van der Waals surface area contributed by atoms with Gasteiger partial charge in [-0.3, -0.25) is 15.4 Å². The van der Waals surface area contributed by atoms with Crippen LogP contribution in [0.3, 0.4) is 0 Å². The third-order valence-corrected chi connectivity index (χ3v) is 3.49. The van der Waals surface area contributed by atoms with Crippen LogP contribution in [-0.4, -0.2) is 31.2 Å². The van der Waals surface area contributed by atoms with Crippen LogP contribution in [0.2, 0.25) is 0 Å². The molecular weight excluding hydrogens is 352 g/mol. The van der Waals surface area contributed by atoms with Crippen molar-refractivity contribution in [3.8, 4) is 11.3 Å². The molecule has 0 aliphatic heterocycles. The first-order valence-electron chi connectivity index (χ1n) is 7.87. The highest BCUT2D eigenvalue weighted by Crippen LogP contribution is 2.22. The van der Waals surface area contributed by atoms with Gasteiger partial charge >= 0.3 is 0 Å². The first kappa shape index (κ1) is 17.5. The number of tetrazole rings is 1. The lowest BCUT2D eigenvalue weighted by Crippen LogP contribution is -2.33. The Morgan fingerprint density at radius 3 is 2.81 bits per heavy atom. The van der Waals surface area contributed by atoms with Crippen molar-refractivity contribution in [2.24, 2.45) is 0 Å². The maximum Gasteiger partial charge on any atom is 0.269 e. The van der Waals surface area contributed by atoms with Crippen molar-refractivity contribution in [1.29, 1.82) is 0 Å². The van der Waals surface area contributed by atoms with Crippen LogP contribution in [0.25, 0.3) is 17.4 Å². The Morgan fingerprint density at radius 1 is 1.27 bits per heavy atom. The minimum atomic E-state index is -0.400. The Hall–Kier alpha value is -3.33. The molecule has 132 valence electrons. The van der Waals surface area contributed by atoms with Crippen molar-refractivity contribution in [1.82, 2.24) is 25.5 Å². The Labute approximate surface area is 154 Å². The first-order chi connectivity index (χ1) is 12.6. The molecule has 3 rings (SSSR count). The van der Waals surface area contributed by atoms with Gasteiger partial charge in [-0.2, -0.15) is 4.80 Å². The zero-order chi connectivity index (χ0) is 18.4. The molecule has 0 saturated carbocycles. The largest absolute Gasteiger partial charge is 0.457 e. The van der Waals surface area contributed by atoms with Crippen LogP contribution in [0.15, 0.2) is 53.0 Å². The average Bonchev–Trinajstić information content (AvgIpc) is 3.30. The number of rotatable bonds is 5. The molecule has 8 nitrogen and oxygen atoms in total. The SMILES string of the molecule is CCn1nnc(NC(=S)NC(=O)/C=C/c2ccc(-c3ccccc3)o2)n1. The molecule has 1 aromatic carbocycles. The van der Waals surface area contributed by atoms with Crippen molar-refractivity contribution < 1.29 is 9.21 Å². The van der Waals surface area contributed by atoms with E-state index in [-0.39, 0.29) is 11.1 Å². The molecule has 0 fully saturated rings. The van der Waals surface area contributed by atoms with E-state index in [0.717, 1.165) is 11.3 Å². The van der Waals surface area contributed by atoms with Crippen LogP contribution < -0.4 is 10.6 Å². The normalized spacial score (nSPS) is 10.8. The summed E-state index contributed by atoms with van der Waals surface area (Å²) in [7, 11) is 0.